The molecular formula is C16H29N3O4. The fourth-order valence-electron chi connectivity index (χ4n) is 3.25. The molecule has 0 saturated carbocycles. The average Bonchev–Trinajstić information content (AvgIpc) is 2.43. The van der Waals surface area contributed by atoms with Crippen LogP contribution in [0.3, 0.4) is 0 Å². The predicted octanol–water partition coefficient (Wildman–Crippen LogP) is 1.36. The first-order chi connectivity index (χ1) is 10.5. The van der Waals surface area contributed by atoms with Crippen LogP contribution in [0.4, 0.5) is 9.59 Å². The van der Waals surface area contributed by atoms with E-state index in [1.165, 1.54) is 0 Å². The highest BCUT2D eigenvalue weighted by Crippen LogP contribution is 2.36. The minimum atomic E-state index is -0.790. The van der Waals surface area contributed by atoms with Crippen LogP contribution in [0.25, 0.3) is 0 Å². The quantitative estimate of drug-likeness (QED) is 0.729. The summed E-state index contributed by atoms with van der Waals surface area (Å²) in [5.41, 5.74) is -1.33. The molecule has 2 heterocycles. The number of piperidine rings is 2. The predicted molar refractivity (Wildman–Crippen MR) is 86.1 cm³/mol. The maximum Gasteiger partial charge on any atom is 0.410 e. The number of amides is 3. The minimum Gasteiger partial charge on any atom is -0.444 e. The fraction of sp³-hybridized carbons (Fsp3) is 0.875. The Balaban J connectivity index is 2.03. The molecule has 132 valence electrons. The van der Waals surface area contributed by atoms with Crippen LogP contribution < -0.4 is 0 Å². The molecule has 0 aliphatic carbocycles. The second kappa shape index (κ2) is 6.19. The van der Waals surface area contributed by atoms with E-state index in [1.807, 2.05) is 20.8 Å². The summed E-state index contributed by atoms with van der Waals surface area (Å²) in [5.74, 6) is -0.138. The van der Waals surface area contributed by atoms with Gasteiger partial charge in [-0.1, -0.05) is 0 Å². The molecule has 0 unspecified atom stereocenters. The molecule has 0 bridgehead atoms. The van der Waals surface area contributed by atoms with E-state index in [-0.39, 0.29) is 18.0 Å². The Labute approximate surface area is 138 Å². The van der Waals surface area contributed by atoms with Crippen LogP contribution in [-0.4, -0.2) is 83.4 Å². The van der Waals surface area contributed by atoms with Crippen molar-refractivity contribution in [3.05, 3.63) is 0 Å². The number of nitrogens with zero attached hydrogens (tertiary/aromatic N) is 3. The van der Waals surface area contributed by atoms with Gasteiger partial charge in [-0.25, -0.2) is 9.59 Å². The van der Waals surface area contributed by atoms with Crippen molar-refractivity contribution in [1.82, 2.24) is 14.7 Å². The van der Waals surface area contributed by atoms with Gasteiger partial charge in [-0.15, -0.1) is 0 Å². The van der Waals surface area contributed by atoms with Gasteiger partial charge in [0, 0.05) is 46.2 Å². The number of urea groups is 1. The van der Waals surface area contributed by atoms with E-state index >= 15 is 0 Å². The maximum absolute atomic E-state index is 12.2. The highest BCUT2D eigenvalue weighted by Gasteiger charge is 2.47. The van der Waals surface area contributed by atoms with E-state index in [1.54, 1.807) is 28.8 Å². The summed E-state index contributed by atoms with van der Waals surface area (Å²) < 4.78 is 5.42. The summed E-state index contributed by atoms with van der Waals surface area (Å²) in [6.07, 6.45) is 0.732. The van der Waals surface area contributed by atoms with Crippen molar-refractivity contribution in [2.45, 2.75) is 44.8 Å². The Morgan fingerprint density at radius 1 is 1.13 bits per heavy atom. The third-order valence-electron chi connectivity index (χ3n) is 4.58. The van der Waals surface area contributed by atoms with Gasteiger partial charge in [0.05, 0.1) is 5.60 Å². The smallest absolute Gasteiger partial charge is 0.410 e. The number of fused-ring (bicyclic) bond motifs is 1. The summed E-state index contributed by atoms with van der Waals surface area (Å²) in [6, 6.07) is -0.0542. The van der Waals surface area contributed by atoms with Crippen molar-refractivity contribution in [3.8, 4) is 0 Å². The normalized spacial score (nSPS) is 28.2. The van der Waals surface area contributed by atoms with Gasteiger partial charge < -0.3 is 24.5 Å². The molecule has 2 rings (SSSR count). The molecule has 1 N–H and O–H groups in total. The van der Waals surface area contributed by atoms with Gasteiger partial charge in [-0.2, -0.15) is 0 Å². The molecular weight excluding hydrogens is 298 g/mol. The second-order valence-corrected chi connectivity index (χ2v) is 7.85. The molecule has 7 heteroatoms. The molecule has 2 aliphatic rings. The second-order valence-electron chi connectivity index (χ2n) is 7.85. The molecule has 2 saturated heterocycles. The molecule has 0 spiro atoms. The lowest BCUT2D eigenvalue weighted by atomic mass is 9.76. The van der Waals surface area contributed by atoms with Crippen molar-refractivity contribution in [3.63, 3.8) is 0 Å². The molecule has 0 aromatic heterocycles. The molecule has 0 radical (unpaired) electrons. The van der Waals surface area contributed by atoms with Gasteiger partial charge in [0.1, 0.15) is 5.60 Å². The van der Waals surface area contributed by atoms with E-state index in [2.05, 4.69) is 0 Å². The van der Waals surface area contributed by atoms with E-state index in [9.17, 15) is 14.7 Å². The van der Waals surface area contributed by atoms with Crippen molar-refractivity contribution in [2.75, 3.05) is 40.3 Å². The van der Waals surface area contributed by atoms with Crippen molar-refractivity contribution in [2.24, 2.45) is 5.92 Å². The number of carbonyl (C=O) groups is 2. The highest BCUT2D eigenvalue weighted by atomic mass is 16.6. The Kier molecular flexibility index (Phi) is 4.80. The lowest BCUT2D eigenvalue weighted by Crippen LogP contribution is -2.62. The van der Waals surface area contributed by atoms with Crippen LogP contribution in [0.5, 0.6) is 0 Å². The van der Waals surface area contributed by atoms with Gasteiger partial charge in [0.2, 0.25) is 0 Å². The van der Waals surface area contributed by atoms with Crippen LogP contribution in [0.1, 0.15) is 33.6 Å². The largest absolute Gasteiger partial charge is 0.444 e. The molecule has 0 aromatic rings. The van der Waals surface area contributed by atoms with E-state index in [4.69, 9.17) is 4.74 Å². The van der Waals surface area contributed by atoms with Gasteiger partial charge >= 0.3 is 12.1 Å². The van der Waals surface area contributed by atoms with Crippen LogP contribution in [0.2, 0.25) is 0 Å². The number of likely N-dealkylation sites (tertiary alicyclic amines) is 2. The Bertz CT molecular complexity index is 474. The zero-order chi connectivity index (χ0) is 17.4. The summed E-state index contributed by atoms with van der Waals surface area (Å²) in [4.78, 5) is 29.3. The minimum absolute atomic E-state index is 0.0542. The third-order valence-corrected chi connectivity index (χ3v) is 4.58. The first-order valence-electron chi connectivity index (χ1n) is 8.18. The fourth-order valence-corrected chi connectivity index (χ4v) is 3.25. The summed E-state index contributed by atoms with van der Waals surface area (Å²) >= 11 is 0. The first kappa shape index (κ1) is 17.8. The van der Waals surface area contributed by atoms with Crippen LogP contribution >= 0.6 is 0 Å². The first-order valence-corrected chi connectivity index (χ1v) is 8.18. The third kappa shape index (κ3) is 4.07. The molecule has 7 nitrogen and oxygen atoms in total. The van der Waals surface area contributed by atoms with E-state index in [0.29, 0.717) is 39.0 Å². The average molecular weight is 327 g/mol. The van der Waals surface area contributed by atoms with E-state index < -0.39 is 11.2 Å². The van der Waals surface area contributed by atoms with Crippen molar-refractivity contribution < 1.29 is 19.4 Å². The molecule has 3 amide bonds. The standard InChI is InChI=1S/C16H29N3O4/c1-15(2,3)23-14(21)19-9-7-16(22)6-8-18(10-12(16)11-19)13(20)17(4)5/h12,22H,6-11H2,1-5H3/t12-,16-/m0/s1. The lowest BCUT2D eigenvalue weighted by molar-refractivity contribution is -0.106. The molecule has 2 atom stereocenters. The van der Waals surface area contributed by atoms with Crippen molar-refractivity contribution in [1.29, 1.82) is 0 Å². The Morgan fingerprint density at radius 3 is 2.17 bits per heavy atom. The van der Waals surface area contributed by atoms with Crippen LogP contribution in [0.15, 0.2) is 0 Å². The van der Waals surface area contributed by atoms with E-state index in [0.717, 1.165) is 0 Å². The monoisotopic (exact) mass is 327 g/mol. The number of carbonyl (C=O) groups excluding carboxylic acids is 2. The van der Waals surface area contributed by atoms with Crippen LogP contribution in [-0.2, 0) is 4.74 Å². The molecule has 2 fully saturated rings. The number of hydrogen-bond acceptors (Lipinski definition) is 4. The van der Waals surface area contributed by atoms with Gasteiger partial charge in [0.25, 0.3) is 0 Å². The number of ether oxygens (including phenoxy) is 1. The summed E-state index contributed by atoms with van der Waals surface area (Å²) in [5, 5.41) is 10.8. The lowest BCUT2D eigenvalue weighted by Gasteiger charge is -2.50. The molecule has 23 heavy (non-hydrogen) atoms. The van der Waals surface area contributed by atoms with Crippen LogP contribution in [0, 0.1) is 5.92 Å². The Morgan fingerprint density at radius 2 is 1.65 bits per heavy atom. The maximum atomic E-state index is 12.2. The number of hydrogen-bond donors (Lipinski definition) is 1. The zero-order valence-corrected chi connectivity index (χ0v) is 14.8. The Hall–Kier alpha value is -1.50. The molecule has 2 aliphatic heterocycles. The molecule has 0 aromatic carbocycles. The summed E-state index contributed by atoms with van der Waals surface area (Å²) in [6.45, 7) is 7.44. The highest BCUT2D eigenvalue weighted by molar-refractivity contribution is 5.74. The zero-order valence-electron chi connectivity index (χ0n) is 14.8. The topological polar surface area (TPSA) is 73.3 Å². The van der Waals surface area contributed by atoms with Gasteiger partial charge in [-0.3, -0.25) is 0 Å². The van der Waals surface area contributed by atoms with Crippen molar-refractivity contribution >= 4 is 12.1 Å². The van der Waals surface area contributed by atoms with Gasteiger partial charge in [0.15, 0.2) is 0 Å². The number of rotatable bonds is 0. The summed E-state index contributed by atoms with van der Waals surface area (Å²) in [7, 11) is 3.44. The SMILES string of the molecule is CN(C)C(=O)N1CC[C@]2(O)CCN(C(=O)OC(C)(C)C)C[C@@H]2C1. The number of aliphatic hydroxyl groups is 1. The van der Waals surface area contributed by atoms with Gasteiger partial charge in [-0.05, 0) is 33.6 Å².